The van der Waals surface area contributed by atoms with Crippen LogP contribution in [-0.4, -0.2) is 34.1 Å². The molecular formula is C24H19N5O4S2. The summed E-state index contributed by atoms with van der Waals surface area (Å²) in [7, 11) is -3.92. The van der Waals surface area contributed by atoms with Gasteiger partial charge < -0.3 is 9.84 Å². The summed E-state index contributed by atoms with van der Waals surface area (Å²) in [4.78, 5) is 0.564. The van der Waals surface area contributed by atoms with Crippen molar-refractivity contribution in [1.82, 2.24) is 20.6 Å². The lowest BCUT2D eigenvalue weighted by atomic mass is 10.1. The van der Waals surface area contributed by atoms with Crippen molar-refractivity contribution in [1.29, 1.82) is 0 Å². The molecule has 9 nitrogen and oxygen atoms in total. The number of hydrogen-bond donors (Lipinski definition) is 3. The van der Waals surface area contributed by atoms with Gasteiger partial charge in [-0.2, -0.15) is 5.21 Å². The van der Waals surface area contributed by atoms with Crippen molar-refractivity contribution in [3.63, 3.8) is 0 Å². The number of sulfonamides is 1. The normalized spacial score (nSPS) is 11.4. The quantitative estimate of drug-likeness (QED) is 0.200. The van der Waals surface area contributed by atoms with Crippen molar-refractivity contribution in [2.45, 2.75) is 15.5 Å². The molecule has 5 rings (SSSR count). The second-order valence-electron chi connectivity index (χ2n) is 7.43. The molecule has 0 bridgehead atoms. The third-order valence-electron chi connectivity index (χ3n) is 5.08. The molecule has 0 aliphatic rings. The Morgan fingerprint density at radius 1 is 0.914 bits per heavy atom. The van der Waals surface area contributed by atoms with Crippen molar-refractivity contribution in [3.8, 4) is 17.2 Å². The molecular weight excluding hydrogens is 486 g/mol. The largest absolute Gasteiger partial charge is 0.506 e. The summed E-state index contributed by atoms with van der Waals surface area (Å²) in [5.74, 6) is 2.03. The highest BCUT2D eigenvalue weighted by molar-refractivity contribution is 7.98. The number of aromatic hydroxyl groups is 1. The third-order valence-corrected chi connectivity index (χ3v) is 7.49. The molecule has 0 radical (unpaired) electrons. The standard InChI is InChI=1S/C24H19N5O4S2/c30-24-20-9-5-4-8-19(20)21(14-22(24)34-15-23-25-28-29-26-23)27-35(31,32)18-12-10-17(11-13-18)33-16-6-2-1-3-7-16/h1-14,27,30H,15H2,(H,25,26,28,29). The van der Waals surface area contributed by atoms with Crippen molar-refractivity contribution >= 4 is 38.2 Å². The molecule has 11 heteroatoms. The predicted octanol–water partition coefficient (Wildman–Crippen LogP) is 4.94. The van der Waals surface area contributed by atoms with Crippen LogP contribution in [0.3, 0.4) is 0 Å². The number of rotatable bonds is 8. The predicted molar refractivity (Wildman–Crippen MR) is 133 cm³/mol. The first-order valence-electron chi connectivity index (χ1n) is 10.5. The summed E-state index contributed by atoms with van der Waals surface area (Å²) in [5, 5.41) is 25.6. The molecule has 0 saturated heterocycles. The van der Waals surface area contributed by atoms with Crippen molar-refractivity contribution in [2.75, 3.05) is 4.72 Å². The summed E-state index contributed by atoms with van der Waals surface area (Å²) in [6.07, 6.45) is 0. The van der Waals surface area contributed by atoms with Crippen LogP contribution in [0.25, 0.3) is 10.8 Å². The number of hydrogen-bond acceptors (Lipinski definition) is 8. The average Bonchev–Trinajstić information content (AvgIpc) is 3.40. The number of phenols is 1. The number of ether oxygens (including phenoxy) is 1. The molecule has 0 unspecified atom stereocenters. The lowest BCUT2D eigenvalue weighted by Gasteiger charge is -2.15. The number of aromatic nitrogens is 4. The molecule has 0 aliphatic heterocycles. The van der Waals surface area contributed by atoms with Crippen LogP contribution in [0.2, 0.25) is 0 Å². The number of phenolic OH excluding ortho intramolecular Hbond substituents is 1. The fraction of sp³-hybridized carbons (Fsp3) is 0.0417. The van der Waals surface area contributed by atoms with Gasteiger partial charge in [-0.3, -0.25) is 4.72 Å². The van der Waals surface area contributed by atoms with Gasteiger partial charge in [-0.05, 0) is 42.5 Å². The van der Waals surface area contributed by atoms with Crippen LogP contribution >= 0.6 is 11.8 Å². The van der Waals surface area contributed by atoms with E-state index in [2.05, 4.69) is 25.3 Å². The number of H-pyrrole nitrogens is 1. The first-order chi connectivity index (χ1) is 17.0. The maximum absolute atomic E-state index is 13.2. The highest BCUT2D eigenvalue weighted by Gasteiger charge is 2.19. The number of benzene rings is 4. The van der Waals surface area contributed by atoms with E-state index in [4.69, 9.17) is 4.74 Å². The Kier molecular flexibility index (Phi) is 6.25. The smallest absolute Gasteiger partial charge is 0.261 e. The summed E-state index contributed by atoms with van der Waals surface area (Å²) in [6.45, 7) is 0. The van der Waals surface area contributed by atoms with Crippen LogP contribution in [-0.2, 0) is 15.8 Å². The van der Waals surface area contributed by atoms with Gasteiger partial charge in [0.15, 0.2) is 5.82 Å². The molecule has 35 heavy (non-hydrogen) atoms. The van der Waals surface area contributed by atoms with E-state index >= 15 is 0 Å². The lowest BCUT2D eigenvalue weighted by Crippen LogP contribution is -2.13. The molecule has 0 amide bonds. The third kappa shape index (κ3) is 5.05. The molecule has 0 fully saturated rings. The minimum atomic E-state index is -3.92. The Bertz CT molecular complexity index is 1560. The van der Waals surface area contributed by atoms with Gasteiger partial charge in [-0.25, -0.2) is 8.42 Å². The summed E-state index contributed by atoms with van der Waals surface area (Å²) < 4.78 is 34.8. The molecule has 0 saturated carbocycles. The molecule has 0 atom stereocenters. The molecule has 5 aromatic rings. The van der Waals surface area contributed by atoms with E-state index in [0.29, 0.717) is 44.4 Å². The minimum Gasteiger partial charge on any atom is -0.506 e. The van der Waals surface area contributed by atoms with E-state index in [1.54, 1.807) is 42.5 Å². The van der Waals surface area contributed by atoms with Gasteiger partial charge in [0.1, 0.15) is 17.2 Å². The second kappa shape index (κ2) is 9.65. The Morgan fingerprint density at radius 2 is 1.60 bits per heavy atom. The van der Waals surface area contributed by atoms with Crippen molar-refractivity contribution in [3.05, 3.63) is 90.8 Å². The van der Waals surface area contributed by atoms with Gasteiger partial charge in [-0.15, -0.1) is 22.0 Å². The number of tetrazole rings is 1. The molecule has 1 aromatic heterocycles. The maximum atomic E-state index is 13.2. The Hall–Kier alpha value is -4.09. The van der Waals surface area contributed by atoms with E-state index in [9.17, 15) is 13.5 Å². The fourth-order valence-electron chi connectivity index (χ4n) is 3.43. The Morgan fingerprint density at radius 3 is 2.31 bits per heavy atom. The van der Waals surface area contributed by atoms with Gasteiger partial charge in [0, 0.05) is 10.8 Å². The van der Waals surface area contributed by atoms with Gasteiger partial charge in [0.2, 0.25) is 0 Å². The van der Waals surface area contributed by atoms with Crippen molar-refractivity contribution in [2.24, 2.45) is 0 Å². The van der Waals surface area contributed by atoms with Crippen LogP contribution in [0.15, 0.2) is 94.7 Å². The zero-order chi connectivity index (χ0) is 24.3. The van der Waals surface area contributed by atoms with E-state index in [1.807, 2.05) is 30.3 Å². The number of nitrogens with one attached hydrogen (secondary N) is 2. The number of thioether (sulfide) groups is 1. The SMILES string of the molecule is O=S(=O)(Nc1cc(SCc2nn[nH]n2)c(O)c2ccccc12)c1ccc(Oc2ccccc2)cc1. The average molecular weight is 506 g/mol. The highest BCUT2D eigenvalue weighted by atomic mass is 32.2. The topological polar surface area (TPSA) is 130 Å². The number of fused-ring (bicyclic) bond motifs is 1. The van der Waals surface area contributed by atoms with E-state index in [1.165, 1.54) is 23.9 Å². The highest BCUT2D eigenvalue weighted by Crippen LogP contribution is 2.41. The maximum Gasteiger partial charge on any atom is 0.261 e. The van der Waals surface area contributed by atoms with Gasteiger partial charge >= 0.3 is 0 Å². The minimum absolute atomic E-state index is 0.0551. The molecule has 3 N–H and O–H groups in total. The number of para-hydroxylation sites is 1. The van der Waals surface area contributed by atoms with E-state index in [0.717, 1.165) is 0 Å². The summed E-state index contributed by atoms with van der Waals surface area (Å²) in [6, 6.07) is 24.0. The number of anilines is 1. The van der Waals surface area contributed by atoms with Gasteiger partial charge in [0.05, 0.1) is 21.2 Å². The van der Waals surface area contributed by atoms with Crippen LogP contribution in [0.1, 0.15) is 5.82 Å². The first kappa shape index (κ1) is 22.7. The molecule has 4 aromatic carbocycles. The van der Waals surface area contributed by atoms with Gasteiger partial charge in [-0.1, -0.05) is 47.7 Å². The zero-order valence-corrected chi connectivity index (χ0v) is 19.8. The fourth-order valence-corrected chi connectivity index (χ4v) is 5.36. The zero-order valence-electron chi connectivity index (χ0n) is 18.1. The van der Waals surface area contributed by atoms with Gasteiger partial charge in [0.25, 0.3) is 10.0 Å². The summed E-state index contributed by atoms with van der Waals surface area (Å²) >= 11 is 1.27. The Balaban J connectivity index is 1.43. The van der Waals surface area contributed by atoms with Crippen LogP contribution < -0.4 is 9.46 Å². The van der Waals surface area contributed by atoms with Crippen molar-refractivity contribution < 1.29 is 18.3 Å². The monoisotopic (exact) mass is 505 g/mol. The van der Waals surface area contributed by atoms with Crippen LogP contribution in [0, 0.1) is 0 Å². The molecule has 1 heterocycles. The molecule has 176 valence electrons. The van der Waals surface area contributed by atoms with E-state index < -0.39 is 10.0 Å². The number of nitrogens with zero attached hydrogens (tertiary/aromatic N) is 3. The van der Waals surface area contributed by atoms with Crippen LogP contribution in [0.4, 0.5) is 5.69 Å². The second-order valence-corrected chi connectivity index (χ2v) is 10.1. The Labute approximate surface area is 205 Å². The molecule has 0 spiro atoms. The summed E-state index contributed by atoms with van der Waals surface area (Å²) in [5.41, 5.74) is 0.346. The lowest BCUT2D eigenvalue weighted by molar-refractivity contribution is 0.469. The molecule has 0 aliphatic carbocycles. The number of aromatic amines is 1. The first-order valence-corrected chi connectivity index (χ1v) is 12.9. The van der Waals surface area contributed by atoms with E-state index in [-0.39, 0.29) is 10.6 Å². The van der Waals surface area contributed by atoms with Crippen LogP contribution in [0.5, 0.6) is 17.2 Å².